The lowest BCUT2D eigenvalue weighted by atomic mass is 9.91. The van der Waals surface area contributed by atoms with Crippen molar-refractivity contribution in [2.24, 2.45) is 11.8 Å². The third kappa shape index (κ3) is 4.42. The fourth-order valence-corrected chi connectivity index (χ4v) is 3.45. The predicted octanol–water partition coefficient (Wildman–Crippen LogP) is 3.56. The van der Waals surface area contributed by atoms with E-state index in [2.05, 4.69) is 19.2 Å². The molecule has 26 heavy (non-hydrogen) atoms. The molecule has 0 aliphatic carbocycles. The Labute approximate surface area is 153 Å². The van der Waals surface area contributed by atoms with Gasteiger partial charge in [0.1, 0.15) is 11.5 Å². The molecule has 1 aromatic carbocycles. The van der Waals surface area contributed by atoms with E-state index in [0.29, 0.717) is 36.2 Å². The summed E-state index contributed by atoms with van der Waals surface area (Å²) in [4.78, 5) is 27.4. The number of nitrogens with one attached hydrogen (secondary N) is 1. The summed E-state index contributed by atoms with van der Waals surface area (Å²) < 4.78 is 5.33. The highest BCUT2D eigenvalue weighted by Gasteiger charge is 2.28. The molecular weight excluding hydrogens is 328 g/mol. The molecule has 0 spiro atoms. The van der Waals surface area contributed by atoms with E-state index >= 15 is 0 Å². The first kappa shape index (κ1) is 18.0. The van der Waals surface area contributed by atoms with Crippen molar-refractivity contribution in [3.05, 3.63) is 65.7 Å². The normalized spacial score (nSPS) is 20.7. The highest BCUT2D eigenvalue weighted by molar-refractivity contribution is 6.05. The van der Waals surface area contributed by atoms with Crippen LogP contribution in [0.3, 0.4) is 0 Å². The molecule has 1 aliphatic rings. The number of carbonyl (C=O) groups excluding carboxylic acids is 2. The Hall–Kier alpha value is -2.82. The largest absolute Gasteiger partial charge is 0.465 e. The van der Waals surface area contributed by atoms with Crippen LogP contribution in [0.5, 0.6) is 0 Å². The molecule has 1 fully saturated rings. The molecule has 5 nitrogen and oxygen atoms in total. The van der Waals surface area contributed by atoms with Gasteiger partial charge in [0.25, 0.3) is 11.8 Å². The summed E-state index contributed by atoms with van der Waals surface area (Å²) in [7, 11) is 0. The topological polar surface area (TPSA) is 62.6 Å². The summed E-state index contributed by atoms with van der Waals surface area (Å²) in [5.41, 5.74) is 0.737. The van der Waals surface area contributed by atoms with Crippen LogP contribution in [0.15, 0.2) is 58.8 Å². The number of carbonyl (C=O) groups is 2. The van der Waals surface area contributed by atoms with Crippen LogP contribution in [0.1, 0.15) is 36.4 Å². The van der Waals surface area contributed by atoms with E-state index in [-0.39, 0.29) is 17.5 Å². The smallest absolute Gasteiger partial charge is 0.270 e. The lowest BCUT2D eigenvalue weighted by molar-refractivity contribution is -0.130. The van der Waals surface area contributed by atoms with Gasteiger partial charge < -0.3 is 14.6 Å². The number of hydrogen-bond acceptors (Lipinski definition) is 3. The Morgan fingerprint density at radius 1 is 1.08 bits per heavy atom. The molecule has 2 aromatic rings. The van der Waals surface area contributed by atoms with E-state index in [4.69, 9.17) is 4.42 Å². The molecule has 0 radical (unpaired) electrons. The molecule has 136 valence electrons. The van der Waals surface area contributed by atoms with Crippen molar-refractivity contribution >= 4 is 17.9 Å². The minimum Gasteiger partial charge on any atom is -0.465 e. The van der Waals surface area contributed by atoms with Crippen molar-refractivity contribution in [2.45, 2.75) is 20.3 Å². The number of piperidine rings is 1. The van der Waals surface area contributed by atoms with E-state index in [1.165, 1.54) is 6.26 Å². The molecule has 1 aromatic heterocycles. The Bertz CT molecular complexity index is 771. The molecule has 2 heterocycles. The van der Waals surface area contributed by atoms with Crippen LogP contribution in [0.4, 0.5) is 0 Å². The van der Waals surface area contributed by atoms with E-state index in [1.54, 1.807) is 42.5 Å². The van der Waals surface area contributed by atoms with Crippen molar-refractivity contribution in [3.63, 3.8) is 0 Å². The zero-order valence-electron chi connectivity index (χ0n) is 15.1. The molecule has 3 rings (SSSR count). The van der Waals surface area contributed by atoms with Crippen LogP contribution in [0, 0.1) is 11.8 Å². The third-order valence-corrected chi connectivity index (χ3v) is 4.50. The summed E-state index contributed by atoms with van der Waals surface area (Å²) in [5, 5.41) is 2.77. The van der Waals surface area contributed by atoms with Crippen LogP contribution in [0.2, 0.25) is 0 Å². The van der Waals surface area contributed by atoms with E-state index in [9.17, 15) is 9.59 Å². The molecule has 1 aliphatic heterocycles. The highest BCUT2D eigenvalue weighted by Crippen LogP contribution is 2.22. The molecule has 5 heteroatoms. The molecule has 0 bridgehead atoms. The molecule has 1 N–H and O–H groups in total. The Morgan fingerprint density at radius 3 is 2.38 bits per heavy atom. The SMILES string of the molecule is C[C@@H]1C[C@H](C)CN(C(=O)/C(=C/c2ccco2)NC(=O)c2ccccc2)C1. The molecular formula is C21H24N2O3. The monoisotopic (exact) mass is 352 g/mol. The maximum Gasteiger partial charge on any atom is 0.270 e. The van der Waals surface area contributed by atoms with Crippen LogP contribution in [-0.4, -0.2) is 29.8 Å². The second-order valence-corrected chi connectivity index (χ2v) is 7.05. The lowest BCUT2D eigenvalue weighted by Crippen LogP contribution is -2.45. The van der Waals surface area contributed by atoms with Gasteiger partial charge in [-0.15, -0.1) is 0 Å². The Balaban J connectivity index is 1.84. The van der Waals surface area contributed by atoms with Crippen LogP contribution in [0.25, 0.3) is 6.08 Å². The fraction of sp³-hybridized carbons (Fsp3) is 0.333. The number of nitrogens with zero attached hydrogens (tertiary/aromatic N) is 1. The van der Waals surface area contributed by atoms with Crippen LogP contribution < -0.4 is 5.32 Å². The summed E-state index contributed by atoms with van der Waals surface area (Å²) >= 11 is 0. The van der Waals surface area contributed by atoms with Crippen molar-refractivity contribution in [1.29, 1.82) is 0 Å². The quantitative estimate of drug-likeness (QED) is 0.856. The summed E-state index contributed by atoms with van der Waals surface area (Å²) in [6, 6.07) is 12.4. The molecule has 1 saturated heterocycles. The summed E-state index contributed by atoms with van der Waals surface area (Å²) in [6.07, 6.45) is 4.24. The van der Waals surface area contributed by atoms with Gasteiger partial charge in [-0.05, 0) is 42.5 Å². The summed E-state index contributed by atoms with van der Waals surface area (Å²) in [5.74, 6) is 0.925. The zero-order valence-corrected chi connectivity index (χ0v) is 15.1. The number of hydrogen-bond donors (Lipinski definition) is 1. The Morgan fingerprint density at radius 2 is 1.77 bits per heavy atom. The Kier molecular flexibility index (Phi) is 5.56. The lowest BCUT2D eigenvalue weighted by Gasteiger charge is -2.35. The van der Waals surface area contributed by atoms with E-state index in [0.717, 1.165) is 6.42 Å². The third-order valence-electron chi connectivity index (χ3n) is 4.50. The number of amides is 2. The first-order valence-electron chi connectivity index (χ1n) is 8.94. The van der Waals surface area contributed by atoms with Gasteiger partial charge in [-0.1, -0.05) is 32.0 Å². The minimum absolute atomic E-state index is 0.177. The first-order valence-corrected chi connectivity index (χ1v) is 8.94. The maximum atomic E-state index is 13.1. The molecule has 2 amide bonds. The van der Waals surface area contributed by atoms with Crippen molar-refractivity contribution in [2.75, 3.05) is 13.1 Å². The van der Waals surface area contributed by atoms with Crippen LogP contribution >= 0.6 is 0 Å². The fourth-order valence-electron chi connectivity index (χ4n) is 3.45. The average Bonchev–Trinajstić information content (AvgIpc) is 3.13. The number of furan rings is 1. The molecule has 0 saturated carbocycles. The van der Waals surface area contributed by atoms with Crippen LogP contribution in [-0.2, 0) is 4.79 Å². The molecule has 0 unspecified atom stereocenters. The number of benzene rings is 1. The second kappa shape index (κ2) is 8.04. The van der Waals surface area contributed by atoms with Gasteiger partial charge in [-0.2, -0.15) is 0 Å². The van der Waals surface area contributed by atoms with Gasteiger partial charge in [0, 0.05) is 24.7 Å². The van der Waals surface area contributed by atoms with Gasteiger partial charge >= 0.3 is 0 Å². The van der Waals surface area contributed by atoms with Gasteiger partial charge in [0.15, 0.2) is 0 Å². The standard InChI is InChI=1S/C21H24N2O3/c1-15-11-16(2)14-23(13-15)21(25)19(12-18-9-6-10-26-18)22-20(24)17-7-4-3-5-8-17/h3-10,12,15-16H,11,13-14H2,1-2H3,(H,22,24)/b19-12-/t15-,16+. The van der Waals surface area contributed by atoms with Gasteiger partial charge in [-0.3, -0.25) is 9.59 Å². The number of likely N-dealkylation sites (tertiary alicyclic amines) is 1. The number of rotatable bonds is 4. The van der Waals surface area contributed by atoms with Crippen molar-refractivity contribution in [1.82, 2.24) is 10.2 Å². The van der Waals surface area contributed by atoms with Crippen molar-refractivity contribution < 1.29 is 14.0 Å². The second-order valence-electron chi connectivity index (χ2n) is 7.05. The van der Waals surface area contributed by atoms with E-state index < -0.39 is 0 Å². The maximum absolute atomic E-state index is 13.1. The zero-order chi connectivity index (χ0) is 18.5. The van der Waals surface area contributed by atoms with E-state index in [1.807, 2.05) is 11.0 Å². The highest BCUT2D eigenvalue weighted by atomic mass is 16.3. The predicted molar refractivity (Wildman–Crippen MR) is 100 cm³/mol. The van der Waals surface area contributed by atoms with Crippen molar-refractivity contribution in [3.8, 4) is 0 Å². The average molecular weight is 352 g/mol. The first-order chi connectivity index (χ1) is 12.5. The summed E-state index contributed by atoms with van der Waals surface area (Å²) in [6.45, 7) is 5.68. The van der Waals surface area contributed by atoms with Gasteiger partial charge in [-0.25, -0.2) is 0 Å². The van der Waals surface area contributed by atoms with Gasteiger partial charge in [0.2, 0.25) is 0 Å². The van der Waals surface area contributed by atoms with Gasteiger partial charge in [0.05, 0.1) is 6.26 Å². The molecule has 2 atom stereocenters. The minimum atomic E-state index is -0.310.